The number of para-hydroxylation sites is 1. The number of nitrogens with zero attached hydrogens (tertiary/aromatic N) is 1. The van der Waals surface area contributed by atoms with Crippen molar-refractivity contribution in [1.29, 1.82) is 0 Å². The number of hydrogen-bond acceptors (Lipinski definition) is 4. The number of carbonyl (C=O) groups is 1. The first kappa shape index (κ1) is 17.1. The molecule has 2 aromatic rings. The first-order valence-electron chi connectivity index (χ1n) is 6.66. The Morgan fingerprint density at radius 2 is 2.00 bits per heavy atom. The lowest BCUT2D eigenvalue weighted by Crippen LogP contribution is -2.25. The minimum atomic E-state index is -0.453. The first-order chi connectivity index (χ1) is 11.0. The van der Waals surface area contributed by atoms with Gasteiger partial charge in [-0.25, -0.2) is 5.43 Å². The van der Waals surface area contributed by atoms with Crippen molar-refractivity contribution in [3.63, 3.8) is 0 Å². The Kier molecular flexibility index (Phi) is 5.84. The van der Waals surface area contributed by atoms with Crippen LogP contribution in [-0.4, -0.2) is 23.3 Å². The van der Waals surface area contributed by atoms with E-state index in [1.807, 2.05) is 0 Å². The average Bonchev–Trinajstić information content (AvgIpc) is 2.52. The number of phenolic OH excluding ortho intramolecular Hbond substituents is 1. The van der Waals surface area contributed by atoms with E-state index in [9.17, 15) is 9.90 Å². The second-order valence-corrected chi connectivity index (χ2v) is 5.46. The molecule has 0 saturated heterocycles. The molecule has 0 fully saturated rings. The molecular weight excluding hydrogens is 339 g/mol. The highest BCUT2D eigenvalue weighted by molar-refractivity contribution is 6.35. The number of phenols is 1. The second kappa shape index (κ2) is 7.85. The van der Waals surface area contributed by atoms with E-state index in [0.29, 0.717) is 27.1 Å². The average molecular weight is 353 g/mol. The topological polar surface area (TPSA) is 70.9 Å². The lowest BCUT2D eigenvalue weighted by molar-refractivity contribution is -0.123. The van der Waals surface area contributed by atoms with Crippen molar-refractivity contribution < 1.29 is 14.6 Å². The van der Waals surface area contributed by atoms with Gasteiger partial charge in [0, 0.05) is 10.6 Å². The van der Waals surface area contributed by atoms with E-state index in [2.05, 4.69) is 10.5 Å². The number of carbonyl (C=O) groups excluding carboxylic acids is 1. The molecule has 0 bridgehead atoms. The summed E-state index contributed by atoms with van der Waals surface area (Å²) >= 11 is 11.7. The quantitative estimate of drug-likeness (QED) is 0.637. The van der Waals surface area contributed by atoms with Crippen molar-refractivity contribution >= 4 is 34.8 Å². The van der Waals surface area contributed by atoms with Crippen molar-refractivity contribution in [2.45, 2.75) is 6.92 Å². The summed E-state index contributed by atoms with van der Waals surface area (Å²) in [6, 6.07) is 11.4. The van der Waals surface area contributed by atoms with Crippen LogP contribution in [0.5, 0.6) is 11.5 Å². The molecule has 7 heteroatoms. The van der Waals surface area contributed by atoms with E-state index in [1.165, 1.54) is 6.07 Å². The van der Waals surface area contributed by atoms with Gasteiger partial charge in [0.05, 0.1) is 10.7 Å². The third-order valence-corrected chi connectivity index (χ3v) is 3.43. The van der Waals surface area contributed by atoms with Gasteiger partial charge in [0.25, 0.3) is 5.91 Å². The number of halogens is 2. The van der Waals surface area contributed by atoms with Crippen LogP contribution in [0.2, 0.25) is 10.0 Å². The maximum atomic E-state index is 11.7. The van der Waals surface area contributed by atoms with Crippen LogP contribution in [0.1, 0.15) is 12.5 Å². The van der Waals surface area contributed by atoms with Gasteiger partial charge in [-0.3, -0.25) is 4.79 Å². The molecule has 0 atom stereocenters. The fourth-order valence-electron chi connectivity index (χ4n) is 1.75. The van der Waals surface area contributed by atoms with Crippen LogP contribution < -0.4 is 10.2 Å². The molecule has 0 aromatic heterocycles. The fraction of sp³-hybridized carbons (Fsp3) is 0.125. The molecule has 0 unspecified atom stereocenters. The minimum Gasteiger partial charge on any atom is -0.507 e. The lowest BCUT2D eigenvalue weighted by Gasteiger charge is -2.08. The normalized spacial score (nSPS) is 11.2. The van der Waals surface area contributed by atoms with E-state index in [0.717, 1.165) is 0 Å². The molecule has 0 radical (unpaired) electrons. The molecule has 0 heterocycles. The Balaban J connectivity index is 1.92. The Bertz CT molecular complexity index is 748. The van der Waals surface area contributed by atoms with Gasteiger partial charge in [0.15, 0.2) is 6.61 Å². The summed E-state index contributed by atoms with van der Waals surface area (Å²) in [5, 5.41) is 14.4. The van der Waals surface area contributed by atoms with E-state index in [1.54, 1.807) is 43.3 Å². The maximum Gasteiger partial charge on any atom is 0.277 e. The lowest BCUT2D eigenvalue weighted by atomic mass is 10.1. The zero-order valence-corrected chi connectivity index (χ0v) is 13.7. The molecule has 0 saturated carbocycles. The SMILES string of the molecule is CC(=NNC(=O)COc1ccc(Cl)cc1Cl)c1ccccc1O. The van der Waals surface area contributed by atoms with Crippen LogP contribution in [0, 0.1) is 0 Å². The molecule has 0 spiro atoms. The van der Waals surface area contributed by atoms with Crippen molar-refractivity contribution in [2.24, 2.45) is 5.10 Å². The summed E-state index contributed by atoms with van der Waals surface area (Å²) < 4.78 is 5.29. The van der Waals surface area contributed by atoms with Crippen molar-refractivity contribution in [2.75, 3.05) is 6.61 Å². The molecule has 2 aromatic carbocycles. The summed E-state index contributed by atoms with van der Waals surface area (Å²) in [6.07, 6.45) is 0. The highest BCUT2D eigenvalue weighted by Crippen LogP contribution is 2.27. The number of hydrazone groups is 1. The Hall–Kier alpha value is -2.24. The number of amides is 1. The Morgan fingerprint density at radius 1 is 1.26 bits per heavy atom. The van der Waals surface area contributed by atoms with Crippen LogP contribution in [0.4, 0.5) is 0 Å². The smallest absolute Gasteiger partial charge is 0.277 e. The number of hydrogen-bond donors (Lipinski definition) is 2. The van der Waals surface area contributed by atoms with Gasteiger partial charge in [-0.15, -0.1) is 0 Å². The first-order valence-corrected chi connectivity index (χ1v) is 7.42. The summed E-state index contributed by atoms with van der Waals surface area (Å²) in [4.78, 5) is 11.7. The predicted octanol–water partition coefficient (Wildman–Crippen LogP) is 3.62. The highest BCUT2D eigenvalue weighted by atomic mass is 35.5. The second-order valence-electron chi connectivity index (χ2n) is 4.61. The Morgan fingerprint density at radius 3 is 2.70 bits per heavy atom. The zero-order valence-electron chi connectivity index (χ0n) is 12.2. The third-order valence-electron chi connectivity index (χ3n) is 2.89. The van der Waals surface area contributed by atoms with Gasteiger partial charge in [0.1, 0.15) is 11.5 Å². The third kappa shape index (κ3) is 4.87. The molecular formula is C16H14Cl2N2O3. The molecule has 120 valence electrons. The number of nitrogens with one attached hydrogen (secondary N) is 1. The molecule has 0 aliphatic heterocycles. The number of ether oxygens (including phenoxy) is 1. The molecule has 2 N–H and O–H groups in total. The standard InChI is InChI=1S/C16H14Cl2N2O3/c1-10(12-4-2-3-5-14(12)21)19-20-16(22)9-23-15-7-6-11(17)8-13(15)18/h2-8,21H,9H2,1H3,(H,20,22). The zero-order chi connectivity index (χ0) is 16.8. The van der Waals surface area contributed by atoms with Gasteiger partial charge >= 0.3 is 0 Å². The monoisotopic (exact) mass is 352 g/mol. The van der Waals surface area contributed by atoms with E-state index >= 15 is 0 Å². The number of benzene rings is 2. The van der Waals surface area contributed by atoms with Crippen molar-refractivity contribution in [1.82, 2.24) is 5.43 Å². The highest BCUT2D eigenvalue weighted by Gasteiger charge is 2.07. The number of aromatic hydroxyl groups is 1. The van der Waals surface area contributed by atoms with E-state index in [-0.39, 0.29) is 12.4 Å². The van der Waals surface area contributed by atoms with Crippen molar-refractivity contribution in [3.8, 4) is 11.5 Å². The van der Waals surface area contributed by atoms with Gasteiger partial charge in [-0.2, -0.15) is 5.10 Å². The molecule has 0 aliphatic carbocycles. The van der Waals surface area contributed by atoms with Crippen LogP contribution in [0.25, 0.3) is 0 Å². The summed E-state index contributed by atoms with van der Waals surface area (Å²) in [7, 11) is 0. The Labute approximate surface area is 143 Å². The largest absolute Gasteiger partial charge is 0.507 e. The van der Waals surface area contributed by atoms with Crippen LogP contribution >= 0.6 is 23.2 Å². The molecule has 5 nitrogen and oxygen atoms in total. The van der Waals surface area contributed by atoms with Crippen LogP contribution in [0.15, 0.2) is 47.6 Å². The van der Waals surface area contributed by atoms with Gasteiger partial charge in [-0.1, -0.05) is 35.3 Å². The molecule has 23 heavy (non-hydrogen) atoms. The maximum absolute atomic E-state index is 11.7. The summed E-state index contributed by atoms with van der Waals surface area (Å²) in [5.74, 6) is -0.00870. The molecule has 1 amide bonds. The van der Waals surface area contributed by atoms with Crippen LogP contribution in [0.3, 0.4) is 0 Å². The van der Waals surface area contributed by atoms with Crippen LogP contribution in [-0.2, 0) is 4.79 Å². The van der Waals surface area contributed by atoms with Crippen molar-refractivity contribution in [3.05, 3.63) is 58.1 Å². The fourth-order valence-corrected chi connectivity index (χ4v) is 2.22. The minimum absolute atomic E-state index is 0.0900. The van der Waals surface area contributed by atoms with Gasteiger partial charge < -0.3 is 9.84 Å². The van der Waals surface area contributed by atoms with E-state index < -0.39 is 5.91 Å². The van der Waals surface area contributed by atoms with Gasteiger partial charge in [-0.05, 0) is 37.3 Å². The molecule has 2 rings (SSSR count). The summed E-state index contributed by atoms with van der Waals surface area (Å²) in [6.45, 7) is 1.42. The summed E-state index contributed by atoms with van der Waals surface area (Å²) in [5.41, 5.74) is 3.36. The molecule has 0 aliphatic rings. The number of rotatable bonds is 5. The van der Waals surface area contributed by atoms with E-state index in [4.69, 9.17) is 27.9 Å². The van der Waals surface area contributed by atoms with Gasteiger partial charge in [0.2, 0.25) is 0 Å². The predicted molar refractivity (Wildman–Crippen MR) is 90.4 cm³/mol.